The Labute approximate surface area is 83.9 Å². The minimum atomic E-state index is -0.492. The van der Waals surface area contributed by atoms with Gasteiger partial charge in [0, 0.05) is 7.05 Å². The van der Waals surface area contributed by atoms with E-state index in [9.17, 15) is 9.59 Å². The highest BCUT2D eigenvalue weighted by atomic mass is 16.2. The van der Waals surface area contributed by atoms with Gasteiger partial charge in [-0.05, 0) is 12.1 Å². The second-order valence-electron chi connectivity index (χ2n) is 3.41. The zero-order valence-corrected chi connectivity index (χ0v) is 7.97. The van der Waals surface area contributed by atoms with E-state index in [4.69, 9.17) is 0 Å². The van der Waals surface area contributed by atoms with E-state index in [0.29, 0.717) is 5.95 Å². The van der Waals surface area contributed by atoms with Gasteiger partial charge in [-0.2, -0.15) is 0 Å². The van der Waals surface area contributed by atoms with Crippen molar-refractivity contribution in [3.8, 4) is 5.95 Å². The third-order valence-electron chi connectivity index (χ3n) is 2.50. The maximum absolute atomic E-state index is 11.0. The Morgan fingerprint density at radius 1 is 1.13 bits per heavy atom. The van der Waals surface area contributed by atoms with Crippen molar-refractivity contribution in [3.05, 3.63) is 45.0 Å². The molecule has 0 aliphatic heterocycles. The smallest absolute Gasteiger partial charge is 0.312 e. The summed E-state index contributed by atoms with van der Waals surface area (Å²) in [5, 5.41) is 0. The molecule has 3 rings (SSSR count). The number of benzene rings is 1. The van der Waals surface area contributed by atoms with Crippen LogP contribution in [0.5, 0.6) is 0 Å². The van der Waals surface area contributed by atoms with Gasteiger partial charge in [-0.25, -0.2) is 9.55 Å². The Bertz CT molecular complexity index is 703. The van der Waals surface area contributed by atoms with Crippen LogP contribution in [-0.4, -0.2) is 14.1 Å². The lowest BCUT2D eigenvalue weighted by Crippen LogP contribution is -2.01. The number of imidazole rings is 1. The molecule has 0 saturated heterocycles. The lowest BCUT2D eigenvalue weighted by Gasteiger charge is -1.95. The van der Waals surface area contributed by atoms with Crippen molar-refractivity contribution in [2.45, 2.75) is 0 Å². The molecule has 15 heavy (non-hydrogen) atoms. The lowest BCUT2D eigenvalue weighted by molar-refractivity contribution is 0.866. The van der Waals surface area contributed by atoms with E-state index in [1.807, 2.05) is 24.3 Å². The van der Waals surface area contributed by atoms with Crippen molar-refractivity contribution >= 4 is 11.0 Å². The van der Waals surface area contributed by atoms with Gasteiger partial charge in [0.15, 0.2) is 0 Å². The highest BCUT2D eigenvalue weighted by Gasteiger charge is 2.22. The molecule has 0 bridgehead atoms. The predicted octanol–water partition coefficient (Wildman–Crippen LogP) is -0.0400. The number of fused-ring (bicyclic) bond motifs is 1. The van der Waals surface area contributed by atoms with Crippen LogP contribution in [0.2, 0.25) is 0 Å². The third-order valence-corrected chi connectivity index (χ3v) is 2.50. The fourth-order valence-electron chi connectivity index (χ4n) is 1.65. The van der Waals surface area contributed by atoms with Crippen molar-refractivity contribution in [2.24, 2.45) is 7.05 Å². The summed E-state index contributed by atoms with van der Waals surface area (Å²) >= 11 is 0. The number of aryl methyl sites for hydroxylation is 1. The Kier molecular flexibility index (Phi) is 1.33. The maximum atomic E-state index is 11.0. The maximum Gasteiger partial charge on any atom is 0.327 e. The molecule has 2 heterocycles. The van der Waals surface area contributed by atoms with Crippen LogP contribution in [0.25, 0.3) is 17.0 Å². The first kappa shape index (κ1) is 8.16. The van der Waals surface area contributed by atoms with E-state index < -0.39 is 11.1 Å². The van der Waals surface area contributed by atoms with Crippen LogP contribution in [0, 0.1) is 0 Å². The molecule has 0 spiro atoms. The largest absolute Gasteiger partial charge is 0.327 e. The van der Waals surface area contributed by atoms with Crippen LogP contribution in [0.3, 0.4) is 0 Å². The molecule has 0 N–H and O–H groups in total. The number of rotatable bonds is 1. The molecule has 2 aromatic heterocycles. The fourth-order valence-corrected chi connectivity index (χ4v) is 1.65. The zero-order valence-electron chi connectivity index (χ0n) is 7.97. The summed E-state index contributed by atoms with van der Waals surface area (Å²) in [4.78, 5) is 26.2. The molecule has 0 unspecified atom stereocenters. The summed E-state index contributed by atoms with van der Waals surface area (Å²) < 4.78 is 2.80. The minimum absolute atomic E-state index is 0.395. The minimum Gasteiger partial charge on any atom is -0.312 e. The Morgan fingerprint density at radius 3 is 2.40 bits per heavy atom. The Hall–Kier alpha value is -2.17. The standard InChI is InChI=1S/C10H7N3O2/c1-12-7-5-3-2-4-6(7)11-10(12)13-8(14)9(13)15/h2-5H,1H3. The Balaban J connectivity index is 2.38. The number of nitrogens with zero attached hydrogens (tertiary/aromatic N) is 3. The highest BCUT2D eigenvalue weighted by Crippen LogP contribution is 2.15. The lowest BCUT2D eigenvalue weighted by atomic mass is 10.3. The molecule has 0 aliphatic carbocycles. The van der Waals surface area contributed by atoms with Gasteiger partial charge in [-0.15, -0.1) is 0 Å². The van der Waals surface area contributed by atoms with Crippen molar-refractivity contribution < 1.29 is 0 Å². The summed E-state index contributed by atoms with van der Waals surface area (Å²) in [5.74, 6) is 0.395. The van der Waals surface area contributed by atoms with Crippen molar-refractivity contribution in [3.63, 3.8) is 0 Å². The molecule has 0 amide bonds. The van der Waals surface area contributed by atoms with Crippen LogP contribution in [-0.2, 0) is 7.05 Å². The molecule has 0 atom stereocenters. The van der Waals surface area contributed by atoms with Gasteiger partial charge in [0.2, 0.25) is 5.95 Å². The predicted molar refractivity (Wildman–Crippen MR) is 55.0 cm³/mol. The van der Waals surface area contributed by atoms with Crippen molar-refractivity contribution in [1.82, 2.24) is 14.1 Å². The summed E-state index contributed by atoms with van der Waals surface area (Å²) in [5.41, 5.74) is 0.698. The summed E-state index contributed by atoms with van der Waals surface area (Å²) in [6, 6.07) is 7.49. The monoisotopic (exact) mass is 201 g/mol. The van der Waals surface area contributed by atoms with Crippen molar-refractivity contribution in [1.29, 1.82) is 0 Å². The van der Waals surface area contributed by atoms with Crippen LogP contribution in [0.1, 0.15) is 0 Å². The molecule has 0 fully saturated rings. The number of aromatic nitrogens is 3. The average Bonchev–Trinajstić information content (AvgIpc) is 2.70. The van der Waals surface area contributed by atoms with E-state index in [-0.39, 0.29) is 0 Å². The molecule has 5 nitrogen and oxygen atoms in total. The number of hydrogen-bond acceptors (Lipinski definition) is 3. The molecule has 1 aromatic carbocycles. The number of para-hydroxylation sites is 2. The fraction of sp³-hybridized carbons (Fsp3) is 0.100. The second kappa shape index (κ2) is 2.44. The van der Waals surface area contributed by atoms with Gasteiger partial charge in [0.1, 0.15) is 0 Å². The highest BCUT2D eigenvalue weighted by molar-refractivity contribution is 5.77. The van der Waals surface area contributed by atoms with Gasteiger partial charge in [0.25, 0.3) is 0 Å². The van der Waals surface area contributed by atoms with E-state index >= 15 is 0 Å². The van der Waals surface area contributed by atoms with Gasteiger partial charge in [0.05, 0.1) is 11.0 Å². The van der Waals surface area contributed by atoms with Crippen LogP contribution in [0.15, 0.2) is 33.9 Å². The SMILES string of the molecule is Cn1c(-n2c(=O)c2=O)nc2ccccc21. The van der Waals surface area contributed by atoms with Crippen LogP contribution >= 0.6 is 0 Å². The molecule has 5 heteroatoms. The van der Waals surface area contributed by atoms with Crippen LogP contribution in [0.4, 0.5) is 0 Å². The second-order valence-corrected chi connectivity index (χ2v) is 3.41. The average molecular weight is 201 g/mol. The molecular formula is C10H7N3O2. The molecule has 74 valence electrons. The Morgan fingerprint density at radius 2 is 1.80 bits per heavy atom. The molecule has 0 radical (unpaired) electrons. The first-order valence-electron chi connectivity index (χ1n) is 4.50. The van der Waals surface area contributed by atoms with E-state index in [2.05, 4.69) is 4.98 Å². The van der Waals surface area contributed by atoms with Gasteiger partial charge in [-0.1, -0.05) is 12.1 Å². The first-order chi connectivity index (χ1) is 7.20. The van der Waals surface area contributed by atoms with Crippen molar-refractivity contribution in [2.75, 3.05) is 0 Å². The van der Waals surface area contributed by atoms with Gasteiger partial charge >= 0.3 is 11.1 Å². The van der Waals surface area contributed by atoms with Gasteiger partial charge in [-0.3, -0.25) is 9.59 Å². The normalized spacial score (nSPS) is 11.5. The first-order valence-corrected chi connectivity index (χ1v) is 4.50. The molecule has 0 saturated carbocycles. The van der Waals surface area contributed by atoms with Gasteiger partial charge < -0.3 is 4.57 Å². The summed E-state index contributed by atoms with van der Waals surface area (Å²) in [6.07, 6.45) is 0. The van der Waals surface area contributed by atoms with E-state index in [1.165, 1.54) is 0 Å². The molecule has 3 aromatic rings. The molecular weight excluding hydrogens is 194 g/mol. The molecule has 0 aliphatic rings. The summed E-state index contributed by atoms with van der Waals surface area (Å²) in [6.45, 7) is 0. The topological polar surface area (TPSA) is 56.9 Å². The summed E-state index contributed by atoms with van der Waals surface area (Å²) in [7, 11) is 1.78. The quantitative estimate of drug-likeness (QED) is 0.519. The zero-order chi connectivity index (χ0) is 10.6. The third kappa shape index (κ3) is 0.942. The van der Waals surface area contributed by atoms with E-state index in [1.54, 1.807) is 11.6 Å². The van der Waals surface area contributed by atoms with E-state index in [0.717, 1.165) is 15.6 Å². The number of hydrogen-bond donors (Lipinski definition) is 0. The van der Waals surface area contributed by atoms with Crippen LogP contribution < -0.4 is 11.1 Å².